The summed E-state index contributed by atoms with van der Waals surface area (Å²) in [6.45, 7) is 8.03. The van der Waals surface area contributed by atoms with Gasteiger partial charge in [-0.15, -0.1) is 0 Å². The molecule has 0 saturated heterocycles. The molecule has 1 atom stereocenters. The SMILES string of the molecule is CCOC(=O)C(C)(N)CCCCN(CCOC)CCOC. The lowest BCUT2D eigenvalue weighted by molar-refractivity contribution is -0.149. The quantitative estimate of drug-likeness (QED) is 0.405. The minimum atomic E-state index is -0.889. The van der Waals surface area contributed by atoms with Crippen molar-refractivity contribution in [1.29, 1.82) is 0 Å². The molecule has 0 aromatic carbocycles. The molecule has 0 amide bonds. The molecule has 0 aliphatic heterocycles. The van der Waals surface area contributed by atoms with Crippen LogP contribution in [0.2, 0.25) is 0 Å². The molecule has 21 heavy (non-hydrogen) atoms. The number of nitrogens with two attached hydrogens (primary N) is 1. The highest BCUT2D eigenvalue weighted by Crippen LogP contribution is 2.13. The van der Waals surface area contributed by atoms with Crippen molar-refractivity contribution in [2.24, 2.45) is 5.73 Å². The van der Waals surface area contributed by atoms with E-state index in [4.69, 9.17) is 19.9 Å². The van der Waals surface area contributed by atoms with E-state index in [1.807, 2.05) is 0 Å². The number of ether oxygens (including phenoxy) is 3. The Morgan fingerprint density at radius 2 is 1.67 bits per heavy atom. The summed E-state index contributed by atoms with van der Waals surface area (Å²) in [5.41, 5.74) is 5.11. The molecule has 0 aromatic heterocycles. The molecular formula is C15H32N2O4. The van der Waals surface area contributed by atoms with Gasteiger partial charge < -0.3 is 19.9 Å². The number of hydrogen-bond acceptors (Lipinski definition) is 6. The van der Waals surface area contributed by atoms with Crippen LogP contribution in [-0.4, -0.2) is 70.1 Å². The van der Waals surface area contributed by atoms with Crippen molar-refractivity contribution in [3.8, 4) is 0 Å². The molecule has 126 valence electrons. The molecular weight excluding hydrogens is 272 g/mol. The van der Waals surface area contributed by atoms with Crippen LogP contribution in [0.5, 0.6) is 0 Å². The van der Waals surface area contributed by atoms with Crippen LogP contribution in [0, 0.1) is 0 Å². The van der Waals surface area contributed by atoms with Gasteiger partial charge in [0.1, 0.15) is 5.54 Å². The second-order valence-corrected chi connectivity index (χ2v) is 5.42. The van der Waals surface area contributed by atoms with Crippen LogP contribution in [0.3, 0.4) is 0 Å². The summed E-state index contributed by atoms with van der Waals surface area (Å²) >= 11 is 0. The number of hydrogen-bond donors (Lipinski definition) is 1. The number of methoxy groups -OCH3 is 2. The topological polar surface area (TPSA) is 74.0 Å². The van der Waals surface area contributed by atoms with Gasteiger partial charge in [0.05, 0.1) is 19.8 Å². The zero-order valence-corrected chi connectivity index (χ0v) is 14.0. The second kappa shape index (κ2) is 11.9. The molecule has 0 heterocycles. The van der Waals surface area contributed by atoms with E-state index in [1.165, 1.54) is 0 Å². The molecule has 0 rings (SSSR count). The van der Waals surface area contributed by atoms with E-state index >= 15 is 0 Å². The summed E-state index contributed by atoms with van der Waals surface area (Å²) in [5.74, 6) is -0.319. The Morgan fingerprint density at radius 3 is 2.14 bits per heavy atom. The maximum Gasteiger partial charge on any atom is 0.325 e. The lowest BCUT2D eigenvalue weighted by atomic mass is 9.96. The zero-order valence-electron chi connectivity index (χ0n) is 14.0. The Bertz CT molecular complexity index is 264. The lowest BCUT2D eigenvalue weighted by Crippen LogP contribution is -2.46. The minimum Gasteiger partial charge on any atom is -0.465 e. The van der Waals surface area contributed by atoms with Crippen molar-refractivity contribution in [2.45, 2.75) is 38.6 Å². The maximum absolute atomic E-state index is 11.7. The van der Waals surface area contributed by atoms with Crippen molar-refractivity contribution in [3.05, 3.63) is 0 Å². The van der Waals surface area contributed by atoms with Gasteiger partial charge in [-0.05, 0) is 39.7 Å². The van der Waals surface area contributed by atoms with E-state index in [9.17, 15) is 4.79 Å². The smallest absolute Gasteiger partial charge is 0.325 e. The van der Waals surface area contributed by atoms with Crippen molar-refractivity contribution >= 4 is 5.97 Å². The van der Waals surface area contributed by atoms with Gasteiger partial charge in [0.2, 0.25) is 0 Å². The van der Waals surface area contributed by atoms with E-state index in [1.54, 1.807) is 28.1 Å². The first-order valence-electron chi connectivity index (χ1n) is 7.64. The highest BCUT2D eigenvalue weighted by molar-refractivity contribution is 5.79. The first kappa shape index (κ1) is 20.3. The molecule has 6 nitrogen and oxygen atoms in total. The summed E-state index contributed by atoms with van der Waals surface area (Å²) in [6, 6.07) is 0. The van der Waals surface area contributed by atoms with Gasteiger partial charge in [0.25, 0.3) is 0 Å². The van der Waals surface area contributed by atoms with Crippen LogP contribution in [-0.2, 0) is 19.0 Å². The fourth-order valence-electron chi connectivity index (χ4n) is 2.00. The van der Waals surface area contributed by atoms with Crippen LogP contribution in [0.4, 0.5) is 0 Å². The molecule has 0 aromatic rings. The molecule has 0 radical (unpaired) electrons. The van der Waals surface area contributed by atoms with E-state index < -0.39 is 5.54 Å². The molecule has 0 saturated carbocycles. The third-order valence-corrected chi connectivity index (χ3v) is 3.39. The number of esters is 1. The first-order valence-corrected chi connectivity index (χ1v) is 7.64. The third-order valence-electron chi connectivity index (χ3n) is 3.39. The molecule has 0 bridgehead atoms. The molecule has 0 fully saturated rings. The fraction of sp³-hybridized carbons (Fsp3) is 0.933. The van der Waals surface area contributed by atoms with Gasteiger partial charge in [0, 0.05) is 27.3 Å². The number of carbonyl (C=O) groups is 1. The highest BCUT2D eigenvalue weighted by Gasteiger charge is 2.29. The monoisotopic (exact) mass is 304 g/mol. The van der Waals surface area contributed by atoms with Crippen LogP contribution in [0.1, 0.15) is 33.1 Å². The lowest BCUT2D eigenvalue weighted by Gasteiger charge is -2.24. The Morgan fingerprint density at radius 1 is 1.10 bits per heavy atom. The maximum atomic E-state index is 11.7. The minimum absolute atomic E-state index is 0.319. The Kier molecular flexibility index (Phi) is 11.5. The van der Waals surface area contributed by atoms with Crippen LogP contribution < -0.4 is 5.73 Å². The van der Waals surface area contributed by atoms with Gasteiger partial charge in [0.15, 0.2) is 0 Å². The van der Waals surface area contributed by atoms with E-state index in [0.717, 1.165) is 32.5 Å². The Hall–Kier alpha value is -0.690. The van der Waals surface area contributed by atoms with Crippen LogP contribution >= 0.6 is 0 Å². The average molecular weight is 304 g/mol. The highest BCUT2D eigenvalue weighted by atomic mass is 16.5. The molecule has 1 unspecified atom stereocenters. The standard InChI is InChI=1S/C15H32N2O4/c1-5-21-14(18)15(2,16)8-6-7-9-17(10-12-19-3)11-13-20-4/h5-13,16H2,1-4H3. The van der Waals surface area contributed by atoms with Crippen molar-refractivity contribution < 1.29 is 19.0 Å². The molecule has 0 aliphatic carbocycles. The molecule has 0 aliphatic rings. The molecule has 2 N–H and O–H groups in total. The predicted octanol–water partition coefficient (Wildman–Crippen LogP) is 1.03. The van der Waals surface area contributed by atoms with E-state index in [0.29, 0.717) is 26.2 Å². The van der Waals surface area contributed by atoms with E-state index in [2.05, 4.69) is 4.90 Å². The molecule has 6 heteroatoms. The van der Waals surface area contributed by atoms with Crippen molar-refractivity contribution in [3.63, 3.8) is 0 Å². The summed E-state index contributed by atoms with van der Waals surface area (Å²) in [5, 5.41) is 0. The number of unbranched alkanes of at least 4 members (excludes halogenated alkanes) is 1. The van der Waals surface area contributed by atoms with Gasteiger partial charge in [-0.1, -0.05) is 0 Å². The van der Waals surface area contributed by atoms with E-state index in [-0.39, 0.29) is 5.97 Å². The van der Waals surface area contributed by atoms with Crippen molar-refractivity contribution in [2.75, 3.05) is 53.7 Å². The number of carbonyl (C=O) groups excluding carboxylic acids is 1. The second-order valence-electron chi connectivity index (χ2n) is 5.42. The van der Waals surface area contributed by atoms with Crippen LogP contribution in [0.15, 0.2) is 0 Å². The summed E-state index contributed by atoms with van der Waals surface area (Å²) in [6.07, 6.45) is 2.51. The Balaban J connectivity index is 3.98. The zero-order chi connectivity index (χ0) is 16.1. The summed E-state index contributed by atoms with van der Waals surface area (Å²) in [4.78, 5) is 14.0. The fourth-order valence-corrected chi connectivity index (χ4v) is 2.00. The number of rotatable bonds is 13. The van der Waals surface area contributed by atoms with Gasteiger partial charge in [-0.2, -0.15) is 0 Å². The predicted molar refractivity (Wildman–Crippen MR) is 83.3 cm³/mol. The van der Waals surface area contributed by atoms with Crippen LogP contribution in [0.25, 0.3) is 0 Å². The summed E-state index contributed by atoms with van der Waals surface area (Å²) < 4.78 is 15.2. The molecule has 0 spiro atoms. The van der Waals surface area contributed by atoms with Crippen molar-refractivity contribution in [1.82, 2.24) is 4.90 Å². The average Bonchev–Trinajstić information content (AvgIpc) is 2.45. The first-order chi connectivity index (χ1) is 9.97. The van der Waals surface area contributed by atoms with Gasteiger partial charge in [-0.3, -0.25) is 9.69 Å². The van der Waals surface area contributed by atoms with Gasteiger partial charge in [-0.25, -0.2) is 0 Å². The largest absolute Gasteiger partial charge is 0.465 e. The normalized spacial score (nSPS) is 14.2. The third kappa shape index (κ3) is 9.79. The Labute approximate surface area is 128 Å². The summed E-state index contributed by atoms with van der Waals surface area (Å²) in [7, 11) is 3.40. The van der Waals surface area contributed by atoms with Gasteiger partial charge >= 0.3 is 5.97 Å². The number of nitrogens with zero attached hydrogens (tertiary/aromatic N) is 1.